The number of hydrogen-bond donors (Lipinski definition) is 1. The molecule has 1 N–H and O–H groups in total. The third kappa shape index (κ3) is 3.89. The number of nitriles is 1. The molecule has 2 aliphatic heterocycles. The smallest absolute Gasteiger partial charge is 0.319 e. The van der Waals surface area contributed by atoms with Gasteiger partial charge in [-0.1, -0.05) is 6.92 Å². The summed E-state index contributed by atoms with van der Waals surface area (Å²) >= 11 is 2.47. The Morgan fingerprint density at radius 2 is 2.32 bits per heavy atom. The van der Waals surface area contributed by atoms with Gasteiger partial charge in [0.05, 0.1) is 17.2 Å². The number of nitrogens with zero attached hydrogens (tertiary/aromatic N) is 1. The minimum atomic E-state index is -0.412. The minimum absolute atomic E-state index is 0.0523. The molecule has 6 nitrogen and oxygen atoms in total. The quantitative estimate of drug-likeness (QED) is 0.597. The van der Waals surface area contributed by atoms with Crippen LogP contribution >= 0.6 is 23.5 Å². The van der Waals surface area contributed by atoms with Crippen molar-refractivity contribution in [1.82, 2.24) is 5.32 Å². The average Bonchev–Trinajstić information content (AvgIpc) is 3.11. The Morgan fingerprint density at radius 3 is 2.91 bits per heavy atom. The molecule has 122 valence electrons. The molecule has 2 saturated heterocycles. The molecule has 22 heavy (non-hydrogen) atoms. The Kier molecular flexibility index (Phi) is 6.41. The molecule has 0 saturated carbocycles. The van der Waals surface area contributed by atoms with Crippen molar-refractivity contribution in [2.45, 2.75) is 48.7 Å². The van der Waals surface area contributed by atoms with Crippen molar-refractivity contribution in [3.63, 3.8) is 0 Å². The molecule has 2 aliphatic rings. The molecule has 2 heterocycles. The molecule has 5 atom stereocenters. The van der Waals surface area contributed by atoms with Crippen LogP contribution in [0, 0.1) is 16.6 Å². The fourth-order valence-electron chi connectivity index (χ4n) is 2.67. The number of esters is 1. The van der Waals surface area contributed by atoms with Gasteiger partial charge in [-0.15, -0.1) is 11.8 Å². The van der Waals surface area contributed by atoms with Gasteiger partial charge in [0.15, 0.2) is 0 Å². The standard InChI is InChI=1S/C14H20N2O4S2/c1-3-19-14(18)11-8(2)10(21-7-15)13(22-11)16-12(17)9-5-4-6-20-9/h8-11,13H,3-6H2,1-2H3,(H,16,17). The number of nitrogens with one attached hydrogen (secondary N) is 1. The number of carbonyl (C=O) groups excluding carboxylic acids is 2. The highest BCUT2D eigenvalue weighted by Gasteiger charge is 2.47. The Morgan fingerprint density at radius 1 is 1.55 bits per heavy atom. The number of rotatable bonds is 5. The van der Waals surface area contributed by atoms with Gasteiger partial charge in [-0.25, -0.2) is 0 Å². The van der Waals surface area contributed by atoms with Crippen LogP contribution in [-0.2, 0) is 19.1 Å². The van der Waals surface area contributed by atoms with Gasteiger partial charge in [-0.2, -0.15) is 5.26 Å². The molecule has 0 aromatic carbocycles. The third-order valence-electron chi connectivity index (χ3n) is 3.80. The second-order valence-electron chi connectivity index (χ2n) is 5.27. The zero-order valence-corrected chi connectivity index (χ0v) is 14.2. The van der Waals surface area contributed by atoms with E-state index in [9.17, 15) is 9.59 Å². The van der Waals surface area contributed by atoms with Crippen LogP contribution < -0.4 is 5.32 Å². The Balaban J connectivity index is 2.02. The first-order valence-electron chi connectivity index (χ1n) is 7.37. The van der Waals surface area contributed by atoms with Crippen molar-refractivity contribution in [2.75, 3.05) is 13.2 Å². The zero-order chi connectivity index (χ0) is 16.1. The molecule has 0 bridgehead atoms. The molecule has 0 spiro atoms. The van der Waals surface area contributed by atoms with Gasteiger partial charge in [0, 0.05) is 6.61 Å². The van der Waals surface area contributed by atoms with E-state index in [1.807, 2.05) is 6.92 Å². The van der Waals surface area contributed by atoms with Gasteiger partial charge in [0.25, 0.3) is 0 Å². The molecular formula is C14H20N2O4S2. The SMILES string of the molecule is CCOC(=O)C1SC(NC(=O)C2CCCO2)C(SC#N)C1C. The van der Waals surface area contributed by atoms with E-state index in [1.54, 1.807) is 6.92 Å². The van der Waals surface area contributed by atoms with Gasteiger partial charge in [0.1, 0.15) is 16.8 Å². The van der Waals surface area contributed by atoms with E-state index < -0.39 is 6.10 Å². The maximum atomic E-state index is 12.2. The van der Waals surface area contributed by atoms with E-state index in [2.05, 4.69) is 10.7 Å². The van der Waals surface area contributed by atoms with Gasteiger partial charge < -0.3 is 14.8 Å². The van der Waals surface area contributed by atoms with E-state index in [-0.39, 0.29) is 33.7 Å². The van der Waals surface area contributed by atoms with Crippen molar-refractivity contribution in [1.29, 1.82) is 5.26 Å². The van der Waals surface area contributed by atoms with Crippen LogP contribution in [0.15, 0.2) is 0 Å². The predicted octanol–water partition coefficient (Wildman–Crippen LogP) is 1.51. The van der Waals surface area contributed by atoms with Gasteiger partial charge in [-0.05, 0) is 37.4 Å². The first-order chi connectivity index (χ1) is 10.6. The lowest BCUT2D eigenvalue weighted by molar-refractivity contribution is -0.143. The second-order valence-corrected chi connectivity index (χ2v) is 7.52. The normalized spacial score (nSPS) is 34.1. The lowest BCUT2D eigenvalue weighted by atomic mass is 10.0. The summed E-state index contributed by atoms with van der Waals surface area (Å²) in [4.78, 5) is 24.2. The highest BCUT2D eigenvalue weighted by atomic mass is 32.2. The van der Waals surface area contributed by atoms with Gasteiger partial charge >= 0.3 is 5.97 Å². The van der Waals surface area contributed by atoms with E-state index in [0.29, 0.717) is 13.2 Å². The summed E-state index contributed by atoms with van der Waals surface area (Å²) in [6, 6.07) is 0. The van der Waals surface area contributed by atoms with E-state index in [4.69, 9.17) is 14.7 Å². The van der Waals surface area contributed by atoms with Crippen LogP contribution in [0.1, 0.15) is 26.7 Å². The first-order valence-corrected chi connectivity index (χ1v) is 9.19. The van der Waals surface area contributed by atoms with Crippen LogP contribution in [0.4, 0.5) is 0 Å². The van der Waals surface area contributed by atoms with Crippen molar-refractivity contribution in [3.05, 3.63) is 0 Å². The molecule has 0 aromatic rings. The fourth-order valence-corrected chi connectivity index (χ4v) is 5.31. The van der Waals surface area contributed by atoms with Crippen LogP contribution in [-0.4, -0.2) is 47.1 Å². The van der Waals surface area contributed by atoms with Gasteiger partial charge in [-0.3, -0.25) is 9.59 Å². The van der Waals surface area contributed by atoms with Crippen LogP contribution in [0.25, 0.3) is 0 Å². The van der Waals surface area contributed by atoms with Crippen molar-refractivity contribution in [2.24, 2.45) is 5.92 Å². The average molecular weight is 344 g/mol. The maximum Gasteiger partial charge on any atom is 0.319 e. The third-order valence-corrected chi connectivity index (χ3v) is 6.67. The molecule has 2 fully saturated rings. The Hall–Kier alpha value is -0.910. The largest absolute Gasteiger partial charge is 0.465 e. The first kappa shape index (κ1) is 17.4. The summed E-state index contributed by atoms with van der Waals surface area (Å²) in [7, 11) is 0. The molecule has 1 amide bonds. The van der Waals surface area contributed by atoms with Crippen molar-refractivity contribution < 1.29 is 19.1 Å². The van der Waals surface area contributed by atoms with Gasteiger partial charge in [0.2, 0.25) is 5.91 Å². The summed E-state index contributed by atoms with van der Waals surface area (Å²) in [5, 5.41) is 13.2. The number of thioether (sulfide) groups is 2. The monoisotopic (exact) mass is 344 g/mol. The number of carbonyl (C=O) groups is 2. The van der Waals surface area contributed by atoms with E-state index in [1.165, 1.54) is 11.8 Å². The molecule has 2 rings (SSSR count). The lowest BCUT2D eigenvalue weighted by Crippen LogP contribution is -2.43. The summed E-state index contributed by atoms with van der Waals surface area (Å²) in [6.45, 7) is 4.61. The molecule has 8 heteroatoms. The van der Waals surface area contributed by atoms with Crippen LogP contribution in [0.2, 0.25) is 0 Å². The Labute approximate surface area is 138 Å². The summed E-state index contributed by atoms with van der Waals surface area (Å²) in [5.74, 6) is -0.490. The van der Waals surface area contributed by atoms with Crippen molar-refractivity contribution >= 4 is 35.4 Å². The highest BCUT2D eigenvalue weighted by Crippen LogP contribution is 2.44. The summed E-state index contributed by atoms with van der Waals surface area (Å²) < 4.78 is 10.5. The predicted molar refractivity (Wildman–Crippen MR) is 85.1 cm³/mol. The zero-order valence-electron chi connectivity index (χ0n) is 12.6. The van der Waals surface area contributed by atoms with Crippen molar-refractivity contribution in [3.8, 4) is 5.40 Å². The highest BCUT2D eigenvalue weighted by molar-refractivity contribution is 8.07. The second kappa shape index (κ2) is 8.09. The van der Waals surface area contributed by atoms with Crippen LogP contribution in [0.3, 0.4) is 0 Å². The molecule has 0 radical (unpaired) electrons. The Bertz CT molecular complexity index is 462. The summed E-state index contributed by atoms with van der Waals surface area (Å²) in [6.07, 6.45) is 1.19. The number of hydrogen-bond acceptors (Lipinski definition) is 7. The molecule has 5 unspecified atom stereocenters. The topological polar surface area (TPSA) is 88.4 Å². The minimum Gasteiger partial charge on any atom is -0.465 e. The van der Waals surface area contributed by atoms with E-state index >= 15 is 0 Å². The lowest BCUT2D eigenvalue weighted by Gasteiger charge is -2.21. The summed E-state index contributed by atoms with van der Waals surface area (Å²) in [5.41, 5.74) is 0. The fraction of sp³-hybridized carbons (Fsp3) is 0.786. The molecular weight excluding hydrogens is 324 g/mol. The number of amides is 1. The number of ether oxygens (including phenoxy) is 2. The molecule has 0 aliphatic carbocycles. The van der Waals surface area contributed by atoms with E-state index in [0.717, 1.165) is 24.6 Å². The molecule has 0 aromatic heterocycles. The maximum absolute atomic E-state index is 12.2. The van der Waals surface area contributed by atoms with Crippen LogP contribution in [0.5, 0.6) is 0 Å². The number of thiocyanates is 1.